The molecule has 7 nitrogen and oxygen atoms in total. The Bertz CT molecular complexity index is 1180. The molecule has 0 spiro atoms. The predicted octanol–water partition coefficient (Wildman–Crippen LogP) is 3.44. The molecule has 7 heteroatoms. The fourth-order valence-electron chi connectivity index (χ4n) is 4.16. The lowest BCUT2D eigenvalue weighted by molar-refractivity contribution is 0.0681. The number of piperidine rings is 1. The van der Waals surface area contributed by atoms with Crippen LogP contribution in [0.3, 0.4) is 0 Å². The lowest BCUT2D eigenvalue weighted by Crippen LogP contribution is -2.38. The molecular weight excluding hydrogens is 354 g/mol. The van der Waals surface area contributed by atoms with Crippen LogP contribution < -0.4 is 0 Å². The van der Waals surface area contributed by atoms with E-state index in [1.54, 1.807) is 17.1 Å². The van der Waals surface area contributed by atoms with E-state index in [0.29, 0.717) is 18.8 Å². The second kappa shape index (κ2) is 6.44. The van der Waals surface area contributed by atoms with Crippen LogP contribution in [0.4, 0.5) is 0 Å². The minimum absolute atomic E-state index is 0.0298. The van der Waals surface area contributed by atoms with Gasteiger partial charge in [0.05, 0.1) is 5.69 Å². The molecule has 0 atom stereocenters. The summed E-state index contributed by atoms with van der Waals surface area (Å²) in [7, 11) is 1.89. The summed E-state index contributed by atoms with van der Waals surface area (Å²) in [6.07, 6.45) is 5.10. The molecule has 1 aliphatic heterocycles. The van der Waals surface area contributed by atoms with Gasteiger partial charge in [-0.25, -0.2) is 14.6 Å². The van der Waals surface area contributed by atoms with Crippen molar-refractivity contribution in [3.8, 4) is 0 Å². The molecule has 0 radical (unpaired) electrons. The Morgan fingerprint density at radius 2 is 1.89 bits per heavy atom. The van der Waals surface area contributed by atoms with E-state index in [1.807, 2.05) is 43.1 Å². The van der Waals surface area contributed by atoms with Crippen LogP contribution in [0.15, 0.2) is 41.1 Å². The zero-order chi connectivity index (χ0) is 19.3. The van der Waals surface area contributed by atoms with Crippen LogP contribution in [-0.2, 0) is 7.05 Å². The number of furan rings is 1. The molecule has 3 aromatic heterocycles. The Kier molecular flexibility index (Phi) is 3.89. The average molecular weight is 375 g/mol. The largest absolute Gasteiger partial charge is 0.451 e. The normalized spacial score (nSPS) is 15.6. The number of carbonyl (C=O) groups excluding carboxylic acids is 1. The highest BCUT2D eigenvalue weighted by Crippen LogP contribution is 2.32. The minimum Gasteiger partial charge on any atom is -0.451 e. The van der Waals surface area contributed by atoms with Crippen molar-refractivity contribution in [1.29, 1.82) is 0 Å². The molecular formula is C21H21N5O2. The summed E-state index contributed by atoms with van der Waals surface area (Å²) in [6, 6.07) is 7.78. The van der Waals surface area contributed by atoms with Crippen molar-refractivity contribution < 1.29 is 9.21 Å². The first-order chi connectivity index (χ1) is 13.6. The molecule has 5 rings (SSSR count). The van der Waals surface area contributed by atoms with E-state index in [0.717, 1.165) is 46.2 Å². The van der Waals surface area contributed by atoms with Crippen molar-refractivity contribution in [3.05, 3.63) is 53.7 Å². The molecule has 0 N–H and O–H groups in total. The van der Waals surface area contributed by atoms with Gasteiger partial charge in [-0.15, -0.1) is 0 Å². The number of nitrogens with zero attached hydrogens (tertiary/aromatic N) is 5. The van der Waals surface area contributed by atoms with Crippen molar-refractivity contribution in [2.24, 2.45) is 7.05 Å². The smallest absolute Gasteiger partial charge is 0.289 e. The van der Waals surface area contributed by atoms with Gasteiger partial charge in [-0.2, -0.15) is 5.10 Å². The van der Waals surface area contributed by atoms with Gasteiger partial charge in [0.1, 0.15) is 11.1 Å². The Labute approximate surface area is 162 Å². The summed E-state index contributed by atoms with van der Waals surface area (Å²) in [5, 5.41) is 5.65. The van der Waals surface area contributed by atoms with Crippen LogP contribution in [0.25, 0.3) is 22.1 Å². The summed E-state index contributed by atoms with van der Waals surface area (Å²) in [5.74, 6) is 0.702. The van der Waals surface area contributed by atoms with E-state index in [-0.39, 0.29) is 11.8 Å². The van der Waals surface area contributed by atoms with Crippen molar-refractivity contribution in [1.82, 2.24) is 24.6 Å². The molecule has 1 saturated heterocycles. The molecule has 1 aliphatic rings. The standard InChI is InChI=1S/C21H21N5O2/c1-13-15-5-3-4-6-16(15)28-19(13)21(27)26-11-7-14(8-12-26)17-18-20(25(2)24-17)23-10-9-22-18/h3-6,9-10,14H,7-8,11-12H2,1-2H3. The van der Waals surface area contributed by atoms with Gasteiger partial charge in [0.15, 0.2) is 11.4 Å². The van der Waals surface area contributed by atoms with E-state index in [2.05, 4.69) is 15.1 Å². The Morgan fingerprint density at radius 1 is 1.14 bits per heavy atom. The SMILES string of the molecule is Cc1c(C(=O)N2CCC(c3nn(C)c4nccnc34)CC2)oc2ccccc12. The Balaban J connectivity index is 1.36. The first-order valence-electron chi connectivity index (χ1n) is 9.54. The average Bonchev–Trinajstić information content (AvgIpc) is 3.26. The van der Waals surface area contributed by atoms with E-state index in [9.17, 15) is 4.79 Å². The number of amides is 1. The van der Waals surface area contributed by atoms with Crippen LogP contribution in [0.5, 0.6) is 0 Å². The maximum Gasteiger partial charge on any atom is 0.289 e. The second-order valence-corrected chi connectivity index (χ2v) is 7.36. The van der Waals surface area contributed by atoms with Crippen LogP contribution in [0.2, 0.25) is 0 Å². The van der Waals surface area contributed by atoms with E-state index in [1.165, 1.54) is 0 Å². The van der Waals surface area contributed by atoms with Gasteiger partial charge in [-0.05, 0) is 25.8 Å². The number of likely N-dealkylation sites (tertiary alicyclic amines) is 1. The topological polar surface area (TPSA) is 77.1 Å². The quantitative estimate of drug-likeness (QED) is 0.536. The number of fused-ring (bicyclic) bond motifs is 2. The van der Waals surface area contributed by atoms with Gasteiger partial charge in [-0.1, -0.05) is 18.2 Å². The molecule has 0 saturated carbocycles. The molecule has 0 aliphatic carbocycles. The number of rotatable bonds is 2. The third-order valence-electron chi connectivity index (χ3n) is 5.69. The number of aromatic nitrogens is 4. The van der Waals surface area contributed by atoms with Crippen molar-refractivity contribution in [2.75, 3.05) is 13.1 Å². The van der Waals surface area contributed by atoms with Crippen molar-refractivity contribution >= 4 is 28.0 Å². The Morgan fingerprint density at radius 3 is 2.68 bits per heavy atom. The maximum atomic E-state index is 13.0. The highest BCUT2D eigenvalue weighted by atomic mass is 16.3. The third-order valence-corrected chi connectivity index (χ3v) is 5.69. The molecule has 1 fully saturated rings. The van der Waals surface area contributed by atoms with Gasteiger partial charge in [-0.3, -0.25) is 4.79 Å². The number of hydrogen-bond donors (Lipinski definition) is 0. The first-order valence-corrected chi connectivity index (χ1v) is 9.54. The van der Waals surface area contributed by atoms with Crippen LogP contribution >= 0.6 is 0 Å². The van der Waals surface area contributed by atoms with Gasteiger partial charge >= 0.3 is 0 Å². The molecule has 1 aromatic carbocycles. The number of para-hydroxylation sites is 1. The highest BCUT2D eigenvalue weighted by Gasteiger charge is 2.30. The summed E-state index contributed by atoms with van der Waals surface area (Å²) >= 11 is 0. The summed E-state index contributed by atoms with van der Waals surface area (Å²) in [6.45, 7) is 3.31. The van der Waals surface area contributed by atoms with E-state index >= 15 is 0 Å². The summed E-state index contributed by atoms with van der Waals surface area (Å²) < 4.78 is 7.65. The van der Waals surface area contributed by atoms with Crippen LogP contribution in [0, 0.1) is 6.92 Å². The molecule has 0 bridgehead atoms. The lowest BCUT2D eigenvalue weighted by Gasteiger charge is -2.30. The first kappa shape index (κ1) is 16.9. The third kappa shape index (κ3) is 2.58. The van der Waals surface area contributed by atoms with Crippen LogP contribution in [-0.4, -0.2) is 43.6 Å². The zero-order valence-electron chi connectivity index (χ0n) is 15.9. The molecule has 1 amide bonds. The van der Waals surface area contributed by atoms with E-state index < -0.39 is 0 Å². The number of benzene rings is 1. The van der Waals surface area contributed by atoms with Crippen LogP contribution in [0.1, 0.15) is 40.6 Å². The Hall–Kier alpha value is -3.22. The molecule has 0 unspecified atom stereocenters. The van der Waals surface area contributed by atoms with Gasteiger partial charge in [0, 0.05) is 49.4 Å². The number of hydrogen-bond acceptors (Lipinski definition) is 5. The molecule has 4 heterocycles. The summed E-state index contributed by atoms with van der Waals surface area (Å²) in [4.78, 5) is 23.8. The molecule has 28 heavy (non-hydrogen) atoms. The fourth-order valence-corrected chi connectivity index (χ4v) is 4.16. The zero-order valence-corrected chi connectivity index (χ0v) is 15.9. The number of aryl methyl sites for hydroxylation is 2. The lowest BCUT2D eigenvalue weighted by atomic mass is 9.93. The summed E-state index contributed by atoms with van der Waals surface area (Å²) in [5.41, 5.74) is 4.32. The second-order valence-electron chi connectivity index (χ2n) is 7.36. The highest BCUT2D eigenvalue weighted by molar-refractivity contribution is 5.99. The monoisotopic (exact) mass is 375 g/mol. The molecule has 142 valence electrons. The van der Waals surface area contributed by atoms with Crippen molar-refractivity contribution in [3.63, 3.8) is 0 Å². The molecule has 4 aromatic rings. The van der Waals surface area contributed by atoms with Gasteiger partial charge in [0.25, 0.3) is 5.91 Å². The van der Waals surface area contributed by atoms with Crippen molar-refractivity contribution in [2.45, 2.75) is 25.7 Å². The van der Waals surface area contributed by atoms with E-state index in [4.69, 9.17) is 4.42 Å². The minimum atomic E-state index is -0.0298. The van der Waals surface area contributed by atoms with Gasteiger partial charge < -0.3 is 9.32 Å². The maximum absolute atomic E-state index is 13.0. The number of carbonyl (C=O) groups is 1. The predicted molar refractivity (Wildman–Crippen MR) is 105 cm³/mol. The fraction of sp³-hybridized carbons (Fsp3) is 0.333. The van der Waals surface area contributed by atoms with Gasteiger partial charge in [0.2, 0.25) is 0 Å².